The van der Waals surface area contributed by atoms with Crippen LogP contribution in [-0.4, -0.2) is 38.3 Å². The third kappa shape index (κ3) is 3.54. The fraction of sp³-hybridized carbons (Fsp3) is 0.188. The van der Waals surface area contributed by atoms with E-state index in [2.05, 4.69) is 14.7 Å². The van der Waals surface area contributed by atoms with Crippen LogP contribution < -0.4 is 11.1 Å². The Labute approximate surface area is 151 Å². The highest BCUT2D eigenvalue weighted by Gasteiger charge is 2.21. The summed E-state index contributed by atoms with van der Waals surface area (Å²) < 4.78 is 11.2. The molecule has 0 spiro atoms. The van der Waals surface area contributed by atoms with Gasteiger partial charge in [-0.25, -0.2) is 9.78 Å². The van der Waals surface area contributed by atoms with Crippen molar-refractivity contribution in [3.8, 4) is 0 Å². The number of imidazole rings is 1. The van der Waals surface area contributed by atoms with Crippen molar-refractivity contribution in [1.29, 1.82) is 0 Å². The first-order valence-corrected chi connectivity index (χ1v) is 8.45. The number of anilines is 1. The molecule has 3 aromatic rings. The molecule has 0 fully saturated rings. The largest absolute Gasteiger partial charge is 0.460 e. The summed E-state index contributed by atoms with van der Waals surface area (Å²) in [5.41, 5.74) is 5.44. The summed E-state index contributed by atoms with van der Waals surface area (Å²) in [6.07, 6.45) is 1.35. The Hall–Kier alpha value is -3.27. The Kier molecular flexibility index (Phi) is 4.94. The van der Waals surface area contributed by atoms with E-state index in [1.807, 2.05) is 18.2 Å². The van der Waals surface area contributed by atoms with Crippen LogP contribution in [-0.2, 0) is 16.1 Å². The molecule has 0 radical (unpaired) electrons. The topological polar surface area (TPSA) is 129 Å². The number of benzene rings is 1. The Morgan fingerprint density at radius 1 is 1.31 bits per heavy atom. The summed E-state index contributed by atoms with van der Waals surface area (Å²) in [4.78, 5) is 39.7. The predicted octanol–water partition coefficient (Wildman–Crippen LogP) is 1.41. The molecule has 2 heterocycles. The fourth-order valence-electron chi connectivity index (χ4n) is 2.35. The van der Waals surface area contributed by atoms with Crippen molar-refractivity contribution in [1.82, 2.24) is 13.9 Å². The van der Waals surface area contributed by atoms with Crippen molar-refractivity contribution < 1.29 is 19.1 Å². The number of nitrogens with two attached hydrogens (primary N) is 1. The average Bonchev–Trinajstić information content (AvgIpc) is 3.18. The second kappa shape index (κ2) is 7.31. The van der Waals surface area contributed by atoms with Crippen LogP contribution in [0.4, 0.5) is 5.82 Å². The molecule has 2 amide bonds. The van der Waals surface area contributed by atoms with Gasteiger partial charge in [0, 0.05) is 11.6 Å². The van der Waals surface area contributed by atoms with Crippen LogP contribution in [0, 0.1) is 0 Å². The van der Waals surface area contributed by atoms with Crippen LogP contribution in [0.5, 0.6) is 0 Å². The van der Waals surface area contributed by atoms with Crippen LogP contribution in [0.3, 0.4) is 0 Å². The maximum Gasteiger partial charge on any atom is 0.374 e. The second-order valence-electron chi connectivity index (χ2n) is 5.25. The number of nitrogens with zero attached hydrogens (tertiary/aromatic N) is 3. The fourth-order valence-corrected chi connectivity index (χ4v) is 3.12. The molecule has 1 aromatic carbocycles. The predicted molar refractivity (Wildman–Crippen MR) is 95.0 cm³/mol. The molecule has 3 rings (SSSR count). The van der Waals surface area contributed by atoms with Gasteiger partial charge in [0.25, 0.3) is 5.91 Å². The summed E-state index contributed by atoms with van der Waals surface area (Å²) in [6, 6.07) is 7.33. The Morgan fingerprint density at radius 3 is 2.81 bits per heavy atom. The first kappa shape index (κ1) is 17.5. The minimum atomic E-state index is -0.714. The van der Waals surface area contributed by atoms with Gasteiger partial charge in [0.2, 0.25) is 11.7 Å². The van der Waals surface area contributed by atoms with E-state index in [1.54, 1.807) is 13.0 Å². The molecule has 2 aromatic heterocycles. The van der Waals surface area contributed by atoms with Gasteiger partial charge in [-0.1, -0.05) is 18.2 Å². The highest BCUT2D eigenvalue weighted by Crippen LogP contribution is 2.23. The molecule has 0 atom stereocenters. The highest BCUT2D eigenvalue weighted by atomic mass is 32.1. The number of nitrogens with one attached hydrogen (secondary N) is 1. The van der Waals surface area contributed by atoms with Gasteiger partial charge in [-0.05, 0) is 24.5 Å². The molecule has 0 aliphatic rings. The smallest absolute Gasteiger partial charge is 0.374 e. The van der Waals surface area contributed by atoms with Crippen LogP contribution >= 0.6 is 11.5 Å². The lowest BCUT2D eigenvalue weighted by Crippen LogP contribution is -2.22. The average molecular weight is 373 g/mol. The number of carbonyl (C=O) groups excluding carboxylic acids is 3. The number of hydrogen-bond donors (Lipinski definition) is 2. The van der Waals surface area contributed by atoms with E-state index in [9.17, 15) is 14.4 Å². The van der Waals surface area contributed by atoms with Crippen molar-refractivity contribution >= 4 is 45.2 Å². The van der Waals surface area contributed by atoms with Crippen molar-refractivity contribution in [2.45, 2.75) is 13.5 Å². The third-order valence-corrected chi connectivity index (χ3v) is 4.22. The summed E-state index contributed by atoms with van der Waals surface area (Å²) >= 11 is 1.21. The van der Waals surface area contributed by atoms with Gasteiger partial charge in [0.05, 0.1) is 11.3 Å². The molecule has 26 heavy (non-hydrogen) atoms. The molecular weight excluding hydrogens is 358 g/mol. The van der Waals surface area contributed by atoms with E-state index in [4.69, 9.17) is 10.5 Å². The van der Waals surface area contributed by atoms with Gasteiger partial charge in [-0.3, -0.25) is 9.59 Å². The minimum absolute atomic E-state index is 0.0939. The molecule has 0 saturated heterocycles. The maximum atomic E-state index is 12.5. The lowest BCUT2D eigenvalue weighted by Gasteiger charge is -2.03. The number of ether oxygens (including phenoxy) is 1. The van der Waals surface area contributed by atoms with E-state index < -0.39 is 17.8 Å². The van der Waals surface area contributed by atoms with Gasteiger partial charge in [0.1, 0.15) is 12.2 Å². The summed E-state index contributed by atoms with van der Waals surface area (Å²) in [5.74, 6) is -1.87. The van der Waals surface area contributed by atoms with Crippen LogP contribution in [0.25, 0.3) is 10.1 Å². The molecule has 0 saturated carbocycles. The highest BCUT2D eigenvalue weighted by molar-refractivity contribution is 7.13. The van der Waals surface area contributed by atoms with Gasteiger partial charge in [0.15, 0.2) is 5.82 Å². The van der Waals surface area contributed by atoms with Gasteiger partial charge in [-0.2, -0.15) is 4.37 Å². The molecule has 0 bridgehead atoms. The van der Waals surface area contributed by atoms with Gasteiger partial charge >= 0.3 is 5.97 Å². The number of hydrogen-bond acceptors (Lipinski definition) is 7. The molecule has 9 nitrogen and oxygen atoms in total. The third-order valence-electron chi connectivity index (χ3n) is 3.39. The quantitative estimate of drug-likeness (QED) is 0.629. The minimum Gasteiger partial charge on any atom is -0.460 e. The Balaban J connectivity index is 1.88. The summed E-state index contributed by atoms with van der Waals surface area (Å²) in [6.45, 7) is 1.53. The van der Waals surface area contributed by atoms with Gasteiger partial charge < -0.3 is 20.4 Å². The van der Waals surface area contributed by atoms with E-state index in [0.29, 0.717) is 0 Å². The van der Waals surface area contributed by atoms with Crippen LogP contribution in [0.15, 0.2) is 30.5 Å². The number of rotatable bonds is 6. The molecule has 10 heteroatoms. The second-order valence-corrected chi connectivity index (χ2v) is 6.05. The standard InChI is InChI=1S/C16H15N5O4S/c1-2-25-16(24)14-18-12(8-21(14)7-11(17)22)19-15(23)13-9-5-3-4-6-10(9)26-20-13/h3-6,8H,2,7H2,1H3,(H2,17,22)(H,19,23). The molecule has 0 aliphatic heterocycles. The monoisotopic (exact) mass is 373 g/mol. The number of amides is 2. The zero-order valence-electron chi connectivity index (χ0n) is 13.8. The van der Waals surface area contributed by atoms with E-state index in [0.717, 1.165) is 10.1 Å². The van der Waals surface area contributed by atoms with Crippen molar-refractivity contribution in [2.24, 2.45) is 5.73 Å². The van der Waals surface area contributed by atoms with E-state index in [-0.39, 0.29) is 30.5 Å². The lowest BCUT2D eigenvalue weighted by atomic mass is 10.2. The molecule has 3 N–H and O–H groups in total. The number of fused-ring (bicyclic) bond motifs is 1. The molecule has 134 valence electrons. The molecule has 0 aliphatic carbocycles. The van der Waals surface area contributed by atoms with Crippen molar-refractivity contribution in [3.63, 3.8) is 0 Å². The zero-order valence-corrected chi connectivity index (χ0v) is 14.6. The van der Waals surface area contributed by atoms with Crippen molar-refractivity contribution in [3.05, 3.63) is 42.0 Å². The first-order valence-electron chi connectivity index (χ1n) is 7.68. The molecule has 0 unspecified atom stereocenters. The van der Waals surface area contributed by atoms with Crippen LogP contribution in [0.1, 0.15) is 28.0 Å². The Morgan fingerprint density at radius 2 is 2.08 bits per heavy atom. The van der Waals surface area contributed by atoms with Gasteiger partial charge in [-0.15, -0.1) is 0 Å². The first-order chi connectivity index (χ1) is 12.5. The number of carbonyl (C=O) groups is 3. The number of primary amides is 1. The van der Waals surface area contributed by atoms with Crippen molar-refractivity contribution in [2.75, 3.05) is 11.9 Å². The zero-order chi connectivity index (χ0) is 18.7. The maximum absolute atomic E-state index is 12.5. The summed E-state index contributed by atoms with van der Waals surface area (Å²) in [5, 5.41) is 3.30. The molecular formula is C16H15N5O4S. The number of aromatic nitrogens is 3. The SMILES string of the molecule is CCOC(=O)c1nc(NC(=O)c2nsc3ccccc23)cn1CC(N)=O. The summed E-state index contributed by atoms with van der Waals surface area (Å²) in [7, 11) is 0. The normalized spacial score (nSPS) is 10.7. The number of esters is 1. The van der Waals surface area contributed by atoms with Crippen LogP contribution in [0.2, 0.25) is 0 Å². The lowest BCUT2D eigenvalue weighted by molar-refractivity contribution is -0.118. The van der Waals surface area contributed by atoms with E-state index in [1.165, 1.54) is 22.3 Å². The Bertz CT molecular complexity index is 994. The van der Waals surface area contributed by atoms with E-state index >= 15 is 0 Å².